The molecule has 0 aromatic heterocycles. The van der Waals surface area contributed by atoms with Gasteiger partial charge in [0.15, 0.2) is 0 Å². The van der Waals surface area contributed by atoms with Crippen molar-refractivity contribution in [2.75, 3.05) is 40.3 Å². The molecule has 1 fully saturated rings. The van der Waals surface area contributed by atoms with Gasteiger partial charge in [-0.3, -0.25) is 9.80 Å². The van der Waals surface area contributed by atoms with Gasteiger partial charge in [0.05, 0.1) is 0 Å². The third-order valence-corrected chi connectivity index (χ3v) is 4.03. The van der Waals surface area contributed by atoms with Crippen LogP contribution in [-0.4, -0.2) is 61.7 Å². The quantitative estimate of drug-likeness (QED) is 0.780. The van der Waals surface area contributed by atoms with E-state index in [0.29, 0.717) is 17.5 Å². The maximum absolute atomic E-state index is 3.43. The number of hydrogen-bond acceptors (Lipinski definition) is 3. The fourth-order valence-corrected chi connectivity index (χ4v) is 2.41. The first kappa shape index (κ1) is 13.9. The van der Waals surface area contributed by atoms with E-state index in [1.807, 2.05) is 0 Å². The van der Waals surface area contributed by atoms with Gasteiger partial charge in [-0.05, 0) is 33.9 Å². The lowest BCUT2D eigenvalue weighted by Crippen LogP contribution is -2.59. The molecule has 0 bridgehead atoms. The van der Waals surface area contributed by atoms with Crippen molar-refractivity contribution in [1.82, 2.24) is 15.1 Å². The summed E-state index contributed by atoms with van der Waals surface area (Å²) >= 11 is 0. The standard InChI is InChI=1S/C13H29N3/c1-11(2)12(14-5)9-16-8-7-15(6)13(3,4)10-16/h11-12,14H,7-10H2,1-6H3. The Balaban J connectivity index is 2.50. The molecule has 1 unspecified atom stereocenters. The normalized spacial score (nSPS) is 24.9. The summed E-state index contributed by atoms with van der Waals surface area (Å²) in [5.41, 5.74) is 0.313. The summed E-state index contributed by atoms with van der Waals surface area (Å²) in [5.74, 6) is 0.702. The van der Waals surface area contributed by atoms with Crippen molar-refractivity contribution in [3.63, 3.8) is 0 Å². The van der Waals surface area contributed by atoms with Crippen molar-refractivity contribution in [1.29, 1.82) is 0 Å². The number of rotatable bonds is 4. The predicted octanol–water partition coefficient (Wildman–Crippen LogP) is 1.26. The molecular weight excluding hydrogens is 198 g/mol. The summed E-state index contributed by atoms with van der Waals surface area (Å²) in [7, 11) is 4.31. The van der Waals surface area contributed by atoms with Crippen LogP contribution in [0.3, 0.4) is 0 Å². The van der Waals surface area contributed by atoms with Gasteiger partial charge in [0.1, 0.15) is 0 Å². The van der Waals surface area contributed by atoms with Crippen LogP contribution in [0.15, 0.2) is 0 Å². The van der Waals surface area contributed by atoms with E-state index in [1.165, 1.54) is 26.2 Å². The Labute approximate surface area is 101 Å². The zero-order valence-corrected chi connectivity index (χ0v) is 11.9. The topological polar surface area (TPSA) is 18.5 Å². The Kier molecular flexibility index (Phi) is 4.77. The molecule has 0 spiro atoms. The van der Waals surface area contributed by atoms with Gasteiger partial charge < -0.3 is 5.32 Å². The molecule has 0 saturated carbocycles. The second kappa shape index (κ2) is 5.48. The van der Waals surface area contributed by atoms with E-state index in [4.69, 9.17) is 0 Å². The maximum Gasteiger partial charge on any atom is 0.0277 e. The maximum atomic E-state index is 3.43. The molecule has 1 aliphatic heterocycles. The Hall–Kier alpha value is -0.120. The molecule has 1 atom stereocenters. The second-order valence-electron chi connectivity index (χ2n) is 6.11. The highest BCUT2D eigenvalue weighted by atomic mass is 15.3. The average molecular weight is 227 g/mol. The molecule has 0 aromatic rings. The Bertz CT molecular complexity index is 213. The van der Waals surface area contributed by atoms with E-state index in [1.54, 1.807) is 0 Å². The van der Waals surface area contributed by atoms with Gasteiger partial charge in [-0.25, -0.2) is 0 Å². The van der Waals surface area contributed by atoms with Crippen molar-refractivity contribution < 1.29 is 0 Å². The van der Waals surface area contributed by atoms with Crippen LogP contribution in [0.5, 0.6) is 0 Å². The number of nitrogens with one attached hydrogen (secondary N) is 1. The highest BCUT2D eigenvalue weighted by molar-refractivity contribution is 4.89. The van der Waals surface area contributed by atoms with Crippen LogP contribution in [0.25, 0.3) is 0 Å². The molecule has 0 aromatic carbocycles. The van der Waals surface area contributed by atoms with Crippen molar-refractivity contribution in [3.05, 3.63) is 0 Å². The lowest BCUT2D eigenvalue weighted by Gasteiger charge is -2.46. The van der Waals surface area contributed by atoms with Gasteiger partial charge in [-0.2, -0.15) is 0 Å². The molecule has 0 amide bonds. The summed E-state index contributed by atoms with van der Waals surface area (Å²) in [5, 5.41) is 3.43. The molecule has 16 heavy (non-hydrogen) atoms. The fraction of sp³-hybridized carbons (Fsp3) is 1.00. The number of piperazine rings is 1. The minimum absolute atomic E-state index is 0.313. The first-order valence-corrected chi connectivity index (χ1v) is 6.47. The molecule has 1 heterocycles. The lowest BCUT2D eigenvalue weighted by molar-refractivity contribution is 0.0329. The highest BCUT2D eigenvalue weighted by Gasteiger charge is 2.31. The van der Waals surface area contributed by atoms with Gasteiger partial charge in [0.25, 0.3) is 0 Å². The zero-order chi connectivity index (χ0) is 12.3. The number of nitrogens with zero attached hydrogens (tertiary/aromatic N) is 2. The van der Waals surface area contributed by atoms with Gasteiger partial charge in [0, 0.05) is 37.8 Å². The largest absolute Gasteiger partial charge is 0.315 e. The van der Waals surface area contributed by atoms with Crippen LogP contribution in [0.1, 0.15) is 27.7 Å². The van der Waals surface area contributed by atoms with Gasteiger partial charge in [-0.15, -0.1) is 0 Å². The molecule has 0 aliphatic carbocycles. The lowest BCUT2D eigenvalue weighted by atomic mass is 9.97. The average Bonchev–Trinajstić information content (AvgIpc) is 2.19. The number of likely N-dealkylation sites (N-methyl/N-ethyl adjacent to an activating group) is 2. The first-order valence-electron chi connectivity index (χ1n) is 6.47. The summed E-state index contributed by atoms with van der Waals surface area (Å²) in [6, 6.07) is 0.610. The molecule has 1 saturated heterocycles. The van der Waals surface area contributed by atoms with Crippen LogP contribution in [-0.2, 0) is 0 Å². The summed E-state index contributed by atoms with van der Waals surface area (Å²) in [4.78, 5) is 5.06. The van der Waals surface area contributed by atoms with E-state index < -0.39 is 0 Å². The minimum Gasteiger partial charge on any atom is -0.315 e. The van der Waals surface area contributed by atoms with E-state index in [0.717, 1.165) is 0 Å². The molecule has 1 aliphatic rings. The third kappa shape index (κ3) is 3.44. The van der Waals surface area contributed by atoms with Crippen LogP contribution < -0.4 is 5.32 Å². The summed E-state index contributed by atoms with van der Waals surface area (Å²) in [6.07, 6.45) is 0. The Morgan fingerprint density at radius 3 is 2.31 bits per heavy atom. The van der Waals surface area contributed by atoms with Crippen molar-refractivity contribution >= 4 is 0 Å². The summed E-state index contributed by atoms with van der Waals surface area (Å²) in [6.45, 7) is 14.0. The van der Waals surface area contributed by atoms with E-state index in [2.05, 4.69) is 56.9 Å². The SMILES string of the molecule is CNC(CN1CCN(C)C(C)(C)C1)C(C)C. The van der Waals surface area contributed by atoms with E-state index in [-0.39, 0.29) is 0 Å². The van der Waals surface area contributed by atoms with Crippen LogP contribution in [0, 0.1) is 5.92 Å². The van der Waals surface area contributed by atoms with Crippen LogP contribution in [0.2, 0.25) is 0 Å². The van der Waals surface area contributed by atoms with E-state index >= 15 is 0 Å². The molecule has 1 N–H and O–H groups in total. The minimum atomic E-state index is 0.313. The number of hydrogen-bond donors (Lipinski definition) is 1. The first-order chi connectivity index (χ1) is 7.36. The molecule has 0 radical (unpaired) electrons. The predicted molar refractivity (Wildman–Crippen MR) is 70.8 cm³/mol. The fourth-order valence-electron chi connectivity index (χ4n) is 2.41. The Morgan fingerprint density at radius 2 is 1.88 bits per heavy atom. The highest BCUT2D eigenvalue weighted by Crippen LogP contribution is 2.19. The van der Waals surface area contributed by atoms with Crippen LogP contribution in [0.4, 0.5) is 0 Å². The van der Waals surface area contributed by atoms with Gasteiger partial charge in [0.2, 0.25) is 0 Å². The molecule has 3 nitrogen and oxygen atoms in total. The Morgan fingerprint density at radius 1 is 1.25 bits per heavy atom. The molecular formula is C13H29N3. The van der Waals surface area contributed by atoms with Gasteiger partial charge >= 0.3 is 0 Å². The smallest absolute Gasteiger partial charge is 0.0277 e. The van der Waals surface area contributed by atoms with Crippen molar-refractivity contribution in [3.8, 4) is 0 Å². The molecule has 96 valence electrons. The molecule has 1 rings (SSSR count). The van der Waals surface area contributed by atoms with Crippen LogP contribution >= 0.6 is 0 Å². The van der Waals surface area contributed by atoms with Crippen molar-refractivity contribution in [2.24, 2.45) is 5.92 Å². The van der Waals surface area contributed by atoms with Crippen molar-refractivity contribution in [2.45, 2.75) is 39.3 Å². The van der Waals surface area contributed by atoms with E-state index in [9.17, 15) is 0 Å². The zero-order valence-electron chi connectivity index (χ0n) is 11.9. The summed E-state index contributed by atoms with van der Waals surface area (Å²) < 4.78 is 0. The second-order valence-corrected chi connectivity index (χ2v) is 6.11. The molecule has 3 heteroatoms. The van der Waals surface area contributed by atoms with Gasteiger partial charge in [-0.1, -0.05) is 13.8 Å². The third-order valence-electron chi connectivity index (χ3n) is 4.03. The monoisotopic (exact) mass is 227 g/mol.